The van der Waals surface area contributed by atoms with E-state index in [0.717, 1.165) is 25.9 Å². The summed E-state index contributed by atoms with van der Waals surface area (Å²) in [6.45, 7) is 3.70. The van der Waals surface area contributed by atoms with E-state index in [-0.39, 0.29) is 24.2 Å². The van der Waals surface area contributed by atoms with Crippen LogP contribution in [0.15, 0.2) is 18.2 Å². The van der Waals surface area contributed by atoms with Crippen LogP contribution in [0.4, 0.5) is 11.4 Å². The summed E-state index contributed by atoms with van der Waals surface area (Å²) >= 11 is 0. The molecular formula is C16H21N3O5. The van der Waals surface area contributed by atoms with Gasteiger partial charge in [-0.15, -0.1) is 0 Å². The summed E-state index contributed by atoms with van der Waals surface area (Å²) in [7, 11) is 0. The number of carbonyl (C=O) groups excluding carboxylic acids is 1. The fourth-order valence-electron chi connectivity index (χ4n) is 2.84. The van der Waals surface area contributed by atoms with Crippen molar-refractivity contribution in [3.63, 3.8) is 0 Å². The third-order valence-corrected chi connectivity index (χ3v) is 4.13. The van der Waals surface area contributed by atoms with Crippen LogP contribution in [0, 0.1) is 10.1 Å². The number of benzene rings is 1. The molecule has 0 radical (unpaired) electrons. The Labute approximate surface area is 139 Å². The van der Waals surface area contributed by atoms with Crippen LogP contribution in [0.5, 0.6) is 0 Å². The molecule has 0 unspecified atom stereocenters. The topological polar surface area (TPSA) is 104 Å². The number of nitro groups is 1. The summed E-state index contributed by atoms with van der Waals surface area (Å²) in [6.07, 6.45) is 1.83. The van der Waals surface area contributed by atoms with E-state index in [0.29, 0.717) is 12.2 Å². The molecule has 24 heavy (non-hydrogen) atoms. The largest absolute Gasteiger partial charge is 0.481 e. The number of hydrogen-bond acceptors (Lipinski definition) is 5. The first-order valence-electron chi connectivity index (χ1n) is 7.98. The molecule has 8 heteroatoms. The van der Waals surface area contributed by atoms with Gasteiger partial charge in [0, 0.05) is 37.8 Å². The number of carboxylic acid groups (broad SMARTS) is 1. The van der Waals surface area contributed by atoms with Crippen LogP contribution in [-0.4, -0.2) is 53.0 Å². The van der Waals surface area contributed by atoms with E-state index in [1.807, 2.05) is 4.90 Å². The lowest BCUT2D eigenvalue weighted by atomic mass is 10.1. The van der Waals surface area contributed by atoms with Crippen molar-refractivity contribution in [2.45, 2.75) is 26.2 Å². The van der Waals surface area contributed by atoms with Gasteiger partial charge in [-0.3, -0.25) is 19.7 Å². The van der Waals surface area contributed by atoms with Gasteiger partial charge in [0.25, 0.3) is 11.6 Å². The summed E-state index contributed by atoms with van der Waals surface area (Å²) in [5.41, 5.74) is 0.650. The summed E-state index contributed by atoms with van der Waals surface area (Å²) in [5, 5.41) is 20.1. The van der Waals surface area contributed by atoms with Crippen molar-refractivity contribution < 1.29 is 19.6 Å². The van der Waals surface area contributed by atoms with E-state index in [4.69, 9.17) is 5.11 Å². The molecule has 1 aromatic rings. The summed E-state index contributed by atoms with van der Waals surface area (Å²) in [4.78, 5) is 37.4. The molecular weight excluding hydrogens is 314 g/mol. The molecule has 1 aliphatic rings. The standard InChI is InChI=1S/C16H21N3O5/c1-2-17(10-7-15(20)21)16(22)12-5-6-13(14(11-12)19(23)24)18-8-3-4-9-18/h5-6,11H,2-4,7-10H2,1H3,(H,20,21). The molecule has 0 saturated carbocycles. The highest BCUT2D eigenvalue weighted by atomic mass is 16.6. The molecule has 0 spiro atoms. The Hall–Kier alpha value is -2.64. The number of hydrogen-bond donors (Lipinski definition) is 1. The fourth-order valence-corrected chi connectivity index (χ4v) is 2.84. The highest BCUT2D eigenvalue weighted by Crippen LogP contribution is 2.32. The number of rotatable bonds is 7. The zero-order chi connectivity index (χ0) is 17.7. The predicted octanol–water partition coefficient (Wildman–Crippen LogP) is 2.13. The Morgan fingerprint density at radius 1 is 1.33 bits per heavy atom. The van der Waals surface area contributed by atoms with Crippen molar-refractivity contribution in [3.8, 4) is 0 Å². The zero-order valence-electron chi connectivity index (χ0n) is 13.6. The molecule has 0 bridgehead atoms. The van der Waals surface area contributed by atoms with E-state index in [2.05, 4.69) is 0 Å². The first kappa shape index (κ1) is 17.7. The maximum atomic E-state index is 12.5. The van der Waals surface area contributed by atoms with Crippen LogP contribution in [0.2, 0.25) is 0 Å². The first-order chi connectivity index (χ1) is 11.4. The van der Waals surface area contributed by atoms with Crippen LogP contribution in [0.25, 0.3) is 0 Å². The first-order valence-corrected chi connectivity index (χ1v) is 7.98. The average Bonchev–Trinajstić information content (AvgIpc) is 3.08. The van der Waals surface area contributed by atoms with E-state index < -0.39 is 16.8 Å². The van der Waals surface area contributed by atoms with Crippen molar-refractivity contribution in [3.05, 3.63) is 33.9 Å². The number of nitrogens with zero attached hydrogens (tertiary/aromatic N) is 3. The minimum Gasteiger partial charge on any atom is -0.481 e. The van der Waals surface area contributed by atoms with Crippen molar-refractivity contribution in [1.29, 1.82) is 0 Å². The Bertz CT molecular complexity index is 641. The molecule has 130 valence electrons. The van der Waals surface area contributed by atoms with Gasteiger partial charge in [-0.2, -0.15) is 0 Å². The Kier molecular flexibility index (Phi) is 5.73. The second kappa shape index (κ2) is 7.76. The van der Waals surface area contributed by atoms with Crippen molar-refractivity contribution in [2.75, 3.05) is 31.1 Å². The molecule has 1 aromatic carbocycles. The molecule has 1 N–H and O–H groups in total. The smallest absolute Gasteiger partial charge is 0.305 e. The van der Waals surface area contributed by atoms with Gasteiger partial charge in [-0.05, 0) is 31.9 Å². The Morgan fingerprint density at radius 2 is 2.00 bits per heavy atom. The lowest BCUT2D eigenvalue weighted by Gasteiger charge is -2.21. The fraction of sp³-hybridized carbons (Fsp3) is 0.500. The number of anilines is 1. The van der Waals surface area contributed by atoms with Crippen LogP contribution in [0.1, 0.15) is 36.5 Å². The maximum Gasteiger partial charge on any atom is 0.305 e. The van der Waals surface area contributed by atoms with Crippen molar-refractivity contribution >= 4 is 23.3 Å². The molecule has 0 aliphatic carbocycles. The van der Waals surface area contributed by atoms with Crippen LogP contribution >= 0.6 is 0 Å². The van der Waals surface area contributed by atoms with Crippen molar-refractivity contribution in [2.24, 2.45) is 0 Å². The molecule has 1 saturated heterocycles. The van der Waals surface area contributed by atoms with Crippen molar-refractivity contribution in [1.82, 2.24) is 4.90 Å². The van der Waals surface area contributed by atoms with Crippen LogP contribution in [0.3, 0.4) is 0 Å². The lowest BCUT2D eigenvalue weighted by Crippen LogP contribution is -2.33. The van der Waals surface area contributed by atoms with Gasteiger partial charge in [0.05, 0.1) is 11.3 Å². The number of nitro benzene ring substituents is 1. The molecule has 1 heterocycles. The maximum absolute atomic E-state index is 12.5. The minimum absolute atomic E-state index is 0.0757. The number of carbonyl (C=O) groups is 2. The summed E-state index contributed by atoms with van der Waals surface area (Å²) in [6, 6.07) is 4.48. The average molecular weight is 335 g/mol. The van der Waals surface area contributed by atoms with E-state index in [1.165, 1.54) is 11.0 Å². The van der Waals surface area contributed by atoms with E-state index in [1.54, 1.807) is 19.1 Å². The molecule has 1 fully saturated rings. The SMILES string of the molecule is CCN(CCC(=O)O)C(=O)c1ccc(N2CCCC2)c([N+](=O)[O-])c1. The highest BCUT2D eigenvalue weighted by Gasteiger charge is 2.25. The van der Waals surface area contributed by atoms with Gasteiger partial charge in [0.15, 0.2) is 0 Å². The van der Waals surface area contributed by atoms with Gasteiger partial charge < -0.3 is 14.9 Å². The normalized spacial score (nSPS) is 13.8. The quantitative estimate of drug-likeness (QED) is 0.604. The third kappa shape index (κ3) is 4.01. The van der Waals surface area contributed by atoms with Gasteiger partial charge in [0.2, 0.25) is 0 Å². The third-order valence-electron chi connectivity index (χ3n) is 4.13. The predicted molar refractivity (Wildman–Crippen MR) is 88.4 cm³/mol. The summed E-state index contributed by atoms with van der Waals surface area (Å²) < 4.78 is 0. The Morgan fingerprint density at radius 3 is 2.54 bits per heavy atom. The highest BCUT2D eigenvalue weighted by molar-refractivity contribution is 5.96. The second-order valence-electron chi connectivity index (χ2n) is 5.68. The molecule has 0 aromatic heterocycles. The Balaban J connectivity index is 2.26. The van der Waals surface area contributed by atoms with Gasteiger partial charge in [-0.1, -0.05) is 0 Å². The van der Waals surface area contributed by atoms with Crippen LogP contribution < -0.4 is 4.90 Å². The molecule has 8 nitrogen and oxygen atoms in total. The summed E-state index contributed by atoms with van der Waals surface area (Å²) in [5.74, 6) is -1.38. The number of aliphatic carboxylic acids is 1. The lowest BCUT2D eigenvalue weighted by molar-refractivity contribution is -0.384. The molecule has 1 amide bonds. The van der Waals surface area contributed by atoms with Gasteiger partial charge in [0.1, 0.15) is 5.69 Å². The van der Waals surface area contributed by atoms with Gasteiger partial charge in [-0.25, -0.2) is 0 Å². The van der Waals surface area contributed by atoms with E-state index >= 15 is 0 Å². The number of carboxylic acids is 1. The van der Waals surface area contributed by atoms with Crippen LogP contribution in [-0.2, 0) is 4.79 Å². The molecule has 1 aliphatic heterocycles. The monoisotopic (exact) mass is 335 g/mol. The zero-order valence-corrected chi connectivity index (χ0v) is 13.6. The molecule has 2 rings (SSSR count). The second-order valence-corrected chi connectivity index (χ2v) is 5.68. The van der Waals surface area contributed by atoms with E-state index in [9.17, 15) is 19.7 Å². The molecule has 0 atom stereocenters. The minimum atomic E-state index is -0.989. The van der Waals surface area contributed by atoms with Gasteiger partial charge >= 0.3 is 5.97 Å². The number of amides is 1.